The van der Waals surface area contributed by atoms with Crippen molar-refractivity contribution < 1.29 is 4.42 Å². The highest BCUT2D eigenvalue weighted by atomic mass is 32.1. The Bertz CT molecular complexity index is 310. The Morgan fingerprint density at radius 3 is 3.18 bits per heavy atom. The third-order valence-corrected chi connectivity index (χ3v) is 3.06. The zero-order valence-corrected chi connectivity index (χ0v) is 7.24. The summed E-state index contributed by atoms with van der Waals surface area (Å²) in [6.07, 6.45) is 3.40. The molecule has 1 atom stereocenters. The molecule has 11 heavy (non-hydrogen) atoms. The van der Waals surface area contributed by atoms with E-state index in [4.69, 9.17) is 4.42 Å². The summed E-state index contributed by atoms with van der Waals surface area (Å²) in [7, 11) is 0. The lowest BCUT2D eigenvalue weighted by Crippen LogP contribution is -2.02. The van der Waals surface area contributed by atoms with Crippen LogP contribution >= 0.6 is 11.3 Å². The lowest BCUT2D eigenvalue weighted by Gasteiger charge is -2.14. The van der Waals surface area contributed by atoms with E-state index in [1.165, 1.54) is 22.6 Å². The lowest BCUT2D eigenvalue weighted by atomic mass is 9.94. The minimum absolute atomic E-state index is 0.135. The van der Waals surface area contributed by atoms with E-state index in [-0.39, 0.29) is 4.94 Å². The molecule has 0 N–H and O–H groups in total. The summed E-state index contributed by atoms with van der Waals surface area (Å²) in [5, 5.41) is 0. The van der Waals surface area contributed by atoms with Gasteiger partial charge < -0.3 is 4.42 Å². The van der Waals surface area contributed by atoms with Gasteiger partial charge in [0.25, 0.3) is 0 Å². The Kier molecular flexibility index (Phi) is 1.60. The first-order valence-corrected chi connectivity index (χ1v) is 4.71. The molecule has 1 unspecified atom stereocenters. The van der Waals surface area contributed by atoms with Gasteiger partial charge in [-0.3, -0.25) is 0 Å². The van der Waals surface area contributed by atoms with E-state index >= 15 is 0 Å². The summed E-state index contributed by atoms with van der Waals surface area (Å²) >= 11 is 1.27. The van der Waals surface area contributed by atoms with Crippen LogP contribution in [0.3, 0.4) is 0 Å². The van der Waals surface area contributed by atoms with E-state index in [9.17, 15) is 4.79 Å². The van der Waals surface area contributed by atoms with Gasteiger partial charge in [0.05, 0.1) is 4.88 Å². The van der Waals surface area contributed by atoms with Gasteiger partial charge in [-0.05, 0) is 19.3 Å². The van der Waals surface area contributed by atoms with Crippen LogP contribution in [0.5, 0.6) is 0 Å². The lowest BCUT2D eigenvalue weighted by molar-refractivity contribution is 0.415. The van der Waals surface area contributed by atoms with Crippen molar-refractivity contribution in [2.45, 2.75) is 32.1 Å². The van der Waals surface area contributed by atoms with Crippen molar-refractivity contribution >= 4 is 11.3 Å². The molecule has 0 aliphatic heterocycles. The molecule has 0 amide bonds. The average Bonchev–Trinajstić information content (AvgIpc) is 2.31. The minimum Gasteiger partial charge on any atom is -0.419 e. The smallest absolute Gasteiger partial charge is 0.395 e. The molecule has 0 bridgehead atoms. The largest absolute Gasteiger partial charge is 0.419 e. The second kappa shape index (κ2) is 2.48. The molecule has 2 rings (SSSR count). The van der Waals surface area contributed by atoms with Crippen molar-refractivity contribution in [3.8, 4) is 0 Å². The predicted molar refractivity (Wildman–Crippen MR) is 44.2 cm³/mol. The van der Waals surface area contributed by atoms with Gasteiger partial charge in [0.2, 0.25) is 0 Å². The highest BCUT2D eigenvalue weighted by molar-refractivity contribution is 7.09. The molecule has 1 aromatic heterocycles. The number of fused-ring (bicyclic) bond motifs is 1. The molecule has 1 aliphatic rings. The van der Waals surface area contributed by atoms with E-state index in [2.05, 4.69) is 6.92 Å². The summed E-state index contributed by atoms with van der Waals surface area (Å²) in [4.78, 5) is 11.9. The molecule has 0 saturated carbocycles. The Morgan fingerprint density at radius 2 is 2.45 bits per heavy atom. The summed E-state index contributed by atoms with van der Waals surface area (Å²) in [6.45, 7) is 2.12. The topological polar surface area (TPSA) is 30.2 Å². The first kappa shape index (κ1) is 7.10. The predicted octanol–water partition coefficient (Wildman–Crippen LogP) is 2.14. The second-order valence-corrected chi connectivity index (χ2v) is 4.07. The number of hydrogen-bond acceptors (Lipinski definition) is 3. The maximum absolute atomic E-state index is 10.9. The highest BCUT2D eigenvalue weighted by Crippen LogP contribution is 2.32. The maximum atomic E-state index is 10.9. The van der Waals surface area contributed by atoms with Crippen LogP contribution in [0.1, 0.15) is 36.3 Å². The molecule has 1 aliphatic carbocycles. The zero-order valence-electron chi connectivity index (χ0n) is 6.42. The van der Waals surface area contributed by atoms with Crippen LogP contribution in [0.4, 0.5) is 0 Å². The van der Waals surface area contributed by atoms with Gasteiger partial charge in [-0.2, -0.15) is 0 Å². The normalized spacial score (nSPS) is 23.2. The van der Waals surface area contributed by atoms with Gasteiger partial charge in [0.1, 0.15) is 5.76 Å². The van der Waals surface area contributed by atoms with Crippen molar-refractivity contribution in [3.63, 3.8) is 0 Å². The summed E-state index contributed by atoms with van der Waals surface area (Å²) in [6, 6.07) is 0. The molecule has 3 heteroatoms. The van der Waals surface area contributed by atoms with Gasteiger partial charge in [-0.25, -0.2) is 4.79 Å². The fourth-order valence-corrected chi connectivity index (χ4v) is 2.49. The standard InChI is InChI=1S/C8H10O2S/c1-5-3-2-4-6-7(5)10-8(9)11-6/h5H,2-4H2,1H3. The Labute approximate surface area is 68.9 Å². The zero-order chi connectivity index (χ0) is 7.84. The Hall–Kier alpha value is -0.570. The van der Waals surface area contributed by atoms with Crippen molar-refractivity contribution in [2.75, 3.05) is 0 Å². The van der Waals surface area contributed by atoms with Gasteiger partial charge in [-0.1, -0.05) is 18.3 Å². The number of rotatable bonds is 0. The van der Waals surface area contributed by atoms with Crippen LogP contribution in [0.2, 0.25) is 0 Å². The first-order chi connectivity index (χ1) is 5.27. The van der Waals surface area contributed by atoms with Crippen molar-refractivity contribution in [1.29, 1.82) is 0 Å². The van der Waals surface area contributed by atoms with E-state index in [0.29, 0.717) is 5.92 Å². The Balaban J connectivity index is 2.52. The molecule has 60 valence electrons. The SMILES string of the molecule is CC1CCCc2sc(=O)oc21. The first-order valence-electron chi connectivity index (χ1n) is 3.90. The maximum Gasteiger partial charge on any atom is 0.395 e. The van der Waals surface area contributed by atoms with Crippen LogP contribution in [-0.4, -0.2) is 0 Å². The average molecular weight is 170 g/mol. The molecule has 0 aromatic carbocycles. The van der Waals surface area contributed by atoms with Crippen molar-refractivity contribution in [3.05, 3.63) is 20.4 Å². The molecular formula is C8H10O2S. The summed E-state index contributed by atoms with van der Waals surface area (Å²) in [5.41, 5.74) is 0. The molecule has 1 heterocycles. The Morgan fingerprint density at radius 1 is 1.64 bits per heavy atom. The number of aryl methyl sites for hydroxylation is 1. The molecular weight excluding hydrogens is 160 g/mol. The van der Waals surface area contributed by atoms with E-state index in [0.717, 1.165) is 18.6 Å². The fraction of sp³-hybridized carbons (Fsp3) is 0.625. The van der Waals surface area contributed by atoms with Crippen LogP contribution in [-0.2, 0) is 6.42 Å². The van der Waals surface area contributed by atoms with Crippen molar-refractivity contribution in [1.82, 2.24) is 0 Å². The van der Waals surface area contributed by atoms with Gasteiger partial charge in [-0.15, -0.1) is 0 Å². The summed E-state index contributed by atoms with van der Waals surface area (Å²) in [5.74, 6) is 1.41. The molecule has 0 spiro atoms. The minimum atomic E-state index is -0.135. The van der Waals surface area contributed by atoms with E-state index < -0.39 is 0 Å². The highest BCUT2D eigenvalue weighted by Gasteiger charge is 2.21. The fourth-order valence-electron chi connectivity index (χ4n) is 1.57. The second-order valence-electron chi connectivity index (χ2n) is 3.03. The van der Waals surface area contributed by atoms with Crippen molar-refractivity contribution in [2.24, 2.45) is 0 Å². The quantitative estimate of drug-likeness (QED) is 0.597. The van der Waals surface area contributed by atoms with E-state index in [1.54, 1.807) is 0 Å². The molecule has 0 saturated heterocycles. The van der Waals surface area contributed by atoms with Crippen LogP contribution < -0.4 is 4.94 Å². The monoisotopic (exact) mass is 170 g/mol. The van der Waals surface area contributed by atoms with Crippen LogP contribution in [0.25, 0.3) is 0 Å². The van der Waals surface area contributed by atoms with Gasteiger partial charge in [0.15, 0.2) is 0 Å². The molecule has 2 nitrogen and oxygen atoms in total. The summed E-state index contributed by atoms with van der Waals surface area (Å²) < 4.78 is 5.08. The van der Waals surface area contributed by atoms with Crippen LogP contribution in [0, 0.1) is 0 Å². The molecule has 0 radical (unpaired) electrons. The van der Waals surface area contributed by atoms with Crippen LogP contribution in [0.15, 0.2) is 9.21 Å². The van der Waals surface area contributed by atoms with Gasteiger partial charge in [0, 0.05) is 5.92 Å². The van der Waals surface area contributed by atoms with Gasteiger partial charge >= 0.3 is 4.94 Å². The third kappa shape index (κ3) is 1.13. The number of hydrogen-bond donors (Lipinski definition) is 0. The molecule has 1 aromatic rings. The molecule has 0 fully saturated rings. The van der Waals surface area contributed by atoms with E-state index in [1.807, 2.05) is 0 Å². The third-order valence-electron chi connectivity index (χ3n) is 2.16.